The van der Waals surface area contributed by atoms with Crippen LogP contribution in [-0.4, -0.2) is 23.2 Å². The van der Waals surface area contributed by atoms with Crippen molar-refractivity contribution < 1.29 is 19.7 Å². The Morgan fingerprint density at radius 2 is 1.41 bits per heavy atom. The molecule has 0 aromatic heterocycles. The SMILES string of the molecule is COc1cc(C)c2c(c1)C(c1ccc(O)cc1)(c1ccc(O)cc1)C(=O)N2. The lowest BCUT2D eigenvalue weighted by molar-refractivity contribution is -0.118. The number of aryl methyl sites for hydroxylation is 1. The van der Waals surface area contributed by atoms with Gasteiger partial charge in [0.25, 0.3) is 0 Å². The van der Waals surface area contributed by atoms with Crippen LogP contribution in [0, 0.1) is 6.92 Å². The Morgan fingerprint density at radius 3 is 1.89 bits per heavy atom. The lowest BCUT2D eigenvalue weighted by Crippen LogP contribution is -2.36. The Balaban J connectivity index is 2.09. The number of amides is 1. The topological polar surface area (TPSA) is 78.8 Å². The number of nitrogens with one attached hydrogen (secondary N) is 1. The van der Waals surface area contributed by atoms with E-state index in [-0.39, 0.29) is 17.4 Å². The van der Waals surface area contributed by atoms with E-state index in [1.165, 1.54) is 0 Å². The zero-order valence-electron chi connectivity index (χ0n) is 15.0. The first-order valence-electron chi connectivity index (χ1n) is 8.56. The second-order valence-corrected chi connectivity index (χ2v) is 6.66. The molecule has 1 heterocycles. The number of aromatic hydroxyl groups is 2. The summed E-state index contributed by atoms with van der Waals surface area (Å²) in [4.78, 5) is 13.4. The van der Waals surface area contributed by atoms with Crippen LogP contribution in [0.4, 0.5) is 5.69 Å². The highest BCUT2D eigenvalue weighted by atomic mass is 16.5. The normalized spacial score (nSPS) is 14.5. The molecule has 0 fully saturated rings. The minimum atomic E-state index is -1.12. The fourth-order valence-electron chi connectivity index (χ4n) is 3.83. The van der Waals surface area contributed by atoms with Gasteiger partial charge in [-0.3, -0.25) is 4.79 Å². The van der Waals surface area contributed by atoms with Gasteiger partial charge in [-0.05, 0) is 60.0 Å². The van der Waals surface area contributed by atoms with Crippen LogP contribution in [0.5, 0.6) is 17.2 Å². The number of carbonyl (C=O) groups is 1. The van der Waals surface area contributed by atoms with Crippen molar-refractivity contribution in [3.63, 3.8) is 0 Å². The van der Waals surface area contributed by atoms with Gasteiger partial charge in [-0.25, -0.2) is 0 Å². The highest BCUT2D eigenvalue weighted by Gasteiger charge is 2.50. The van der Waals surface area contributed by atoms with Gasteiger partial charge >= 0.3 is 0 Å². The van der Waals surface area contributed by atoms with E-state index in [9.17, 15) is 15.0 Å². The molecule has 5 nitrogen and oxygen atoms in total. The zero-order chi connectivity index (χ0) is 19.2. The van der Waals surface area contributed by atoms with Crippen LogP contribution in [0.2, 0.25) is 0 Å². The van der Waals surface area contributed by atoms with Crippen LogP contribution in [-0.2, 0) is 10.2 Å². The molecule has 3 N–H and O–H groups in total. The molecule has 0 atom stereocenters. The van der Waals surface area contributed by atoms with Crippen molar-refractivity contribution in [2.24, 2.45) is 0 Å². The standard InChI is InChI=1S/C22H19NO4/c1-13-11-18(27-2)12-19-20(13)23-21(26)22(19,14-3-7-16(24)8-4-14)15-5-9-17(25)10-6-15/h3-12,24-25H,1-2H3,(H,23,26). The van der Waals surface area contributed by atoms with E-state index in [0.717, 1.165) is 27.9 Å². The van der Waals surface area contributed by atoms with Gasteiger partial charge < -0.3 is 20.3 Å². The fourth-order valence-corrected chi connectivity index (χ4v) is 3.83. The molecule has 5 heteroatoms. The first-order chi connectivity index (χ1) is 13.0. The van der Waals surface area contributed by atoms with Gasteiger partial charge in [0.05, 0.1) is 7.11 Å². The van der Waals surface area contributed by atoms with Crippen molar-refractivity contribution in [1.29, 1.82) is 0 Å². The Hall–Kier alpha value is -3.47. The van der Waals surface area contributed by atoms with Gasteiger partial charge in [0.15, 0.2) is 0 Å². The molecule has 1 amide bonds. The van der Waals surface area contributed by atoms with Crippen LogP contribution in [0.1, 0.15) is 22.3 Å². The van der Waals surface area contributed by atoms with Crippen molar-refractivity contribution in [2.45, 2.75) is 12.3 Å². The molecule has 1 aliphatic heterocycles. The Kier molecular flexibility index (Phi) is 3.81. The molecular formula is C22H19NO4. The maximum absolute atomic E-state index is 13.4. The molecule has 3 aromatic rings. The van der Waals surface area contributed by atoms with Crippen molar-refractivity contribution in [1.82, 2.24) is 0 Å². The summed E-state index contributed by atoms with van der Waals surface area (Å²) in [5, 5.41) is 22.5. The van der Waals surface area contributed by atoms with E-state index in [2.05, 4.69) is 5.32 Å². The lowest BCUT2D eigenvalue weighted by atomic mass is 9.70. The average molecular weight is 361 g/mol. The number of rotatable bonds is 3. The summed E-state index contributed by atoms with van der Waals surface area (Å²) in [6.45, 7) is 1.92. The van der Waals surface area contributed by atoms with Gasteiger partial charge in [0.2, 0.25) is 5.91 Å². The molecule has 27 heavy (non-hydrogen) atoms. The number of fused-ring (bicyclic) bond motifs is 1. The molecule has 0 spiro atoms. The monoisotopic (exact) mass is 361 g/mol. The third-order valence-electron chi connectivity index (χ3n) is 5.13. The summed E-state index contributed by atoms with van der Waals surface area (Å²) in [6, 6.07) is 17.0. The number of benzene rings is 3. The zero-order valence-corrected chi connectivity index (χ0v) is 15.0. The minimum absolute atomic E-state index is 0.125. The predicted molar refractivity (Wildman–Crippen MR) is 102 cm³/mol. The van der Waals surface area contributed by atoms with Crippen LogP contribution in [0.15, 0.2) is 60.7 Å². The third kappa shape index (κ3) is 2.43. The molecular weight excluding hydrogens is 342 g/mol. The first-order valence-corrected chi connectivity index (χ1v) is 8.56. The summed E-state index contributed by atoms with van der Waals surface area (Å²) in [6.07, 6.45) is 0. The number of phenols is 2. The number of ether oxygens (including phenoxy) is 1. The smallest absolute Gasteiger partial charge is 0.244 e. The summed E-state index contributed by atoms with van der Waals surface area (Å²) < 4.78 is 5.44. The molecule has 136 valence electrons. The van der Waals surface area contributed by atoms with Gasteiger partial charge in [0, 0.05) is 11.3 Å². The van der Waals surface area contributed by atoms with Crippen LogP contribution in [0.25, 0.3) is 0 Å². The maximum atomic E-state index is 13.4. The van der Waals surface area contributed by atoms with E-state index >= 15 is 0 Å². The van der Waals surface area contributed by atoms with Gasteiger partial charge in [-0.1, -0.05) is 24.3 Å². The third-order valence-corrected chi connectivity index (χ3v) is 5.13. The molecule has 0 unspecified atom stereocenters. The summed E-state index contributed by atoms with van der Waals surface area (Å²) in [5.74, 6) is 0.718. The fraction of sp³-hybridized carbons (Fsp3) is 0.136. The number of hydrogen-bond acceptors (Lipinski definition) is 4. The molecule has 0 bridgehead atoms. The molecule has 1 aliphatic rings. The predicted octanol–water partition coefficient (Wildman–Crippen LogP) is 3.70. The quantitative estimate of drug-likeness (QED) is 0.665. The molecule has 4 rings (SSSR count). The van der Waals surface area contributed by atoms with Crippen molar-refractivity contribution in [2.75, 3.05) is 12.4 Å². The molecule has 0 radical (unpaired) electrons. The van der Waals surface area contributed by atoms with Gasteiger partial charge in [-0.15, -0.1) is 0 Å². The highest BCUT2D eigenvalue weighted by Crippen LogP contribution is 2.50. The number of carbonyl (C=O) groups excluding carboxylic acids is 1. The van der Waals surface area contributed by atoms with E-state index in [1.54, 1.807) is 55.6 Å². The summed E-state index contributed by atoms with van der Waals surface area (Å²) in [7, 11) is 1.59. The van der Waals surface area contributed by atoms with E-state index < -0.39 is 5.41 Å². The number of hydrogen-bond donors (Lipinski definition) is 3. The summed E-state index contributed by atoms with van der Waals surface area (Å²) >= 11 is 0. The molecule has 0 saturated heterocycles. The second-order valence-electron chi connectivity index (χ2n) is 6.66. The molecule has 0 aliphatic carbocycles. The minimum Gasteiger partial charge on any atom is -0.508 e. The van der Waals surface area contributed by atoms with Gasteiger partial charge in [-0.2, -0.15) is 0 Å². The molecule has 0 saturated carbocycles. The molecule has 3 aromatic carbocycles. The maximum Gasteiger partial charge on any atom is 0.244 e. The van der Waals surface area contributed by atoms with Crippen molar-refractivity contribution >= 4 is 11.6 Å². The average Bonchev–Trinajstić information content (AvgIpc) is 2.96. The van der Waals surface area contributed by atoms with Crippen molar-refractivity contribution in [3.05, 3.63) is 82.9 Å². The van der Waals surface area contributed by atoms with Crippen molar-refractivity contribution in [3.8, 4) is 17.2 Å². The van der Waals surface area contributed by atoms with Crippen LogP contribution < -0.4 is 10.1 Å². The van der Waals surface area contributed by atoms with Gasteiger partial charge in [0.1, 0.15) is 22.7 Å². The van der Waals surface area contributed by atoms with E-state index in [1.807, 2.05) is 19.1 Å². The number of anilines is 1. The summed E-state index contributed by atoms with van der Waals surface area (Å²) in [5.41, 5.74) is 2.75. The number of phenolic OH excluding ortho intramolecular Hbond substituents is 2. The highest BCUT2D eigenvalue weighted by molar-refractivity contribution is 6.12. The largest absolute Gasteiger partial charge is 0.508 e. The number of methoxy groups -OCH3 is 1. The first kappa shape index (κ1) is 17.0. The Bertz CT molecular complexity index is 978. The van der Waals surface area contributed by atoms with E-state index in [4.69, 9.17) is 4.74 Å². The second kappa shape index (κ2) is 6.06. The van der Waals surface area contributed by atoms with E-state index in [0.29, 0.717) is 5.75 Å². The van der Waals surface area contributed by atoms with Crippen LogP contribution in [0.3, 0.4) is 0 Å². The van der Waals surface area contributed by atoms with Crippen LogP contribution >= 0.6 is 0 Å². The Labute approximate surface area is 156 Å². The lowest BCUT2D eigenvalue weighted by Gasteiger charge is -2.29. The Morgan fingerprint density at radius 1 is 0.889 bits per heavy atom.